The Morgan fingerprint density at radius 3 is 1.91 bits per heavy atom. The van der Waals surface area contributed by atoms with Crippen LogP contribution in [0.2, 0.25) is 0 Å². The first-order valence-electron chi connectivity index (χ1n) is 14.5. The number of imide groups is 1. The lowest BCUT2D eigenvalue weighted by Crippen LogP contribution is -2.68. The van der Waals surface area contributed by atoms with Crippen molar-refractivity contribution >= 4 is 23.7 Å². The van der Waals surface area contributed by atoms with Gasteiger partial charge in [-0.15, -0.1) is 0 Å². The summed E-state index contributed by atoms with van der Waals surface area (Å²) in [4.78, 5) is 53.9. The smallest absolute Gasteiger partial charge is 0.335 e. The summed E-state index contributed by atoms with van der Waals surface area (Å²) in [5.41, 5.74) is 4.78. The van der Waals surface area contributed by atoms with E-state index in [1.807, 2.05) is 93.6 Å². The summed E-state index contributed by atoms with van der Waals surface area (Å²) in [6.45, 7) is 6.25. The molecule has 1 heterocycles. The summed E-state index contributed by atoms with van der Waals surface area (Å²) in [6, 6.07) is 26.0. The van der Waals surface area contributed by atoms with Crippen LogP contribution in [0.3, 0.4) is 0 Å². The molecule has 0 bridgehead atoms. The van der Waals surface area contributed by atoms with Crippen LogP contribution in [0.1, 0.15) is 61.5 Å². The van der Waals surface area contributed by atoms with Crippen LogP contribution in [0.25, 0.3) is 0 Å². The molecule has 0 aliphatic carbocycles. The third-order valence-electron chi connectivity index (χ3n) is 7.92. The van der Waals surface area contributed by atoms with Crippen molar-refractivity contribution in [1.82, 2.24) is 10.2 Å². The van der Waals surface area contributed by atoms with Crippen molar-refractivity contribution in [3.05, 3.63) is 136 Å². The van der Waals surface area contributed by atoms with E-state index in [0.717, 1.165) is 32.7 Å². The first kappa shape index (κ1) is 30.2. The van der Waals surface area contributed by atoms with Crippen LogP contribution in [-0.2, 0) is 11.2 Å². The molecule has 44 heavy (non-hydrogen) atoms. The van der Waals surface area contributed by atoms with Gasteiger partial charge in [-0.2, -0.15) is 0 Å². The van der Waals surface area contributed by atoms with E-state index >= 15 is 0 Å². The molecule has 1 saturated heterocycles. The highest BCUT2D eigenvalue weighted by atomic mass is 16.5. The maximum Gasteiger partial charge on any atom is 0.335 e. The molecule has 4 aromatic rings. The summed E-state index contributed by atoms with van der Waals surface area (Å²) < 4.78 is 5.75. The predicted molar refractivity (Wildman–Crippen MR) is 166 cm³/mol. The highest BCUT2D eigenvalue weighted by Gasteiger charge is 2.54. The molecule has 1 aliphatic heterocycles. The highest BCUT2D eigenvalue weighted by molar-refractivity contribution is 6.14. The van der Waals surface area contributed by atoms with Gasteiger partial charge in [-0.05, 0) is 62.1 Å². The monoisotopic (exact) mass is 590 g/mol. The van der Waals surface area contributed by atoms with Gasteiger partial charge in [0.15, 0.2) is 5.78 Å². The largest absolute Gasteiger partial charge is 0.494 e. The summed E-state index contributed by atoms with van der Waals surface area (Å²) in [5, 5.41) is 12.3. The number of hydrogen-bond acceptors (Lipinski definition) is 5. The molecule has 3 amide bonds. The summed E-state index contributed by atoms with van der Waals surface area (Å²) in [6.07, 6.45) is 0.196. The molecule has 2 atom stereocenters. The Kier molecular flexibility index (Phi) is 8.90. The molecule has 0 saturated carbocycles. The molecule has 8 nitrogen and oxygen atoms in total. The van der Waals surface area contributed by atoms with Gasteiger partial charge >= 0.3 is 12.0 Å². The van der Waals surface area contributed by atoms with E-state index in [-0.39, 0.29) is 17.5 Å². The van der Waals surface area contributed by atoms with Gasteiger partial charge in [-0.1, -0.05) is 90.0 Å². The lowest BCUT2D eigenvalue weighted by Gasteiger charge is -2.45. The number of nitrogens with zero attached hydrogens (tertiary/aromatic N) is 1. The normalized spacial score (nSPS) is 15.9. The van der Waals surface area contributed by atoms with Gasteiger partial charge in [0.05, 0.1) is 24.1 Å². The van der Waals surface area contributed by atoms with Crippen LogP contribution in [-0.4, -0.2) is 46.3 Å². The molecule has 0 radical (unpaired) electrons. The number of carbonyl (C=O) groups excluding carboxylic acids is 3. The van der Waals surface area contributed by atoms with Crippen molar-refractivity contribution < 1.29 is 29.0 Å². The van der Waals surface area contributed by atoms with E-state index in [1.54, 1.807) is 0 Å². The maximum atomic E-state index is 13.9. The number of hydrogen-bond donors (Lipinski definition) is 2. The number of β-lactam (4-membered cyclic amide) rings is 1. The number of carboxylic acid groups (broad SMARTS) is 1. The molecule has 0 aromatic heterocycles. The number of aryl methyl sites for hydroxylation is 2. The van der Waals surface area contributed by atoms with E-state index in [2.05, 4.69) is 5.32 Å². The van der Waals surface area contributed by atoms with Crippen LogP contribution < -0.4 is 10.1 Å². The number of Topliss-reactive ketones (excluding diaryl/α,β-unsaturated/α-hetero) is 1. The number of ketones is 1. The highest BCUT2D eigenvalue weighted by Crippen LogP contribution is 2.36. The summed E-state index contributed by atoms with van der Waals surface area (Å²) >= 11 is 0. The molecule has 1 aliphatic rings. The zero-order chi connectivity index (χ0) is 31.4. The van der Waals surface area contributed by atoms with Crippen molar-refractivity contribution in [3.63, 3.8) is 0 Å². The van der Waals surface area contributed by atoms with Gasteiger partial charge < -0.3 is 15.2 Å². The Hall–Kier alpha value is -5.24. The zero-order valence-corrected chi connectivity index (χ0v) is 24.8. The Balaban J connectivity index is 1.48. The van der Waals surface area contributed by atoms with Gasteiger partial charge in [-0.25, -0.2) is 9.59 Å². The minimum atomic E-state index is -1.12. The molecular formula is C36H34N2O6. The number of carboxylic acids is 1. The number of aromatic carboxylic acids is 1. The Morgan fingerprint density at radius 2 is 1.36 bits per heavy atom. The number of amides is 3. The number of benzene rings is 4. The quantitative estimate of drug-likeness (QED) is 0.169. The van der Waals surface area contributed by atoms with Crippen LogP contribution >= 0.6 is 0 Å². The van der Waals surface area contributed by atoms with Gasteiger partial charge in [0.1, 0.15) is 11.8 Å². The van der Waals surface area contributed by atoms with Crippen LogP contribution in [0.4, 0.5) is 4.79 Å². The van der Waals surface area contributed by atoms with Gasteiger partial charge in [0.2, 0.25) is 5.91 Å². The van der Waals surface area contributed by atoms with Gasteiger partial charge in [-0.3, -0.25) is 14.5 Å². The van der Waals surface area contributed by atoms with Crippen molar-refractivity contribution in [1.29, 1.82) is 0 Å². The van der Waals surface area contributed by atoms with Gasteiger partial charge in [0.25, 0.3) is 0 Å². The fourth-order valence-electron chi connectivity index (χ4n) is 5.50. The van der Waals surface area contributed by atoms with E-state index in [0.29, 0.717) is 12.4 Å². The fourth-order valence-corrected chi connectivity index (χ4v) is 5.50. The van der Waals surface area contributed by atoms with Crippen molar-refractivity contribution in [2.45, 2.75) is 39.3 Å². The molecule has 5 rings (SSSR count). The van der Waals surface area contributed by atoms with Crippen LogP contribution in [0.15, 0.2) is 97.1 Å². The topological polar surface area (TPSA) is 113 Å². The first-order chi connectivity index (χ1) is 21.2. The van der Waals surface area contributed by atoms with Crippen molar-refractivity contribution in [3.8, 4) is 5.75 Å². The maximum absolute atomic E-state index is 13.9. The average Bonchev–Trinajstić information content (AvgIpc) is 3.02. The van der Waals surface area contributed by atoms with Crippen LogP contribution in [0.5, 0.6) is 5.75 Å². The lowest BCUT2D eigenvalue weighted by atomic mass is 9.78. The third-order valence-corrected chi connectivity index (χ3v) is 7.92. The Bertz CT molecular complexity index is 1630. The van der Waals surface area contributed by atoms with Crippen molar-refractivity contribution in [2.24, 2.45) is 5.92 Å². The second-order valence-electron chi connectivity index (χ2n) is 11.0. The molecule has 2 unspecified atom stereocenters. The Labute approximate surface area is 256 Å². The molecule has 2 N–H and O–H groups in total. The molecule has 4 aromatic carbocycles. The summed E-state index contributed by atoms with van der Waals surface area (Å²) in [7, 11) is 0. The minimum absolute atomic E-state index is 0.0297. The molecule has 0 spiro atoms. The summed E-state index contributed by atoms with van der Waals surface area (Å²) in [5.74, 6) is -2.24. The average molecular weight is 591 g/mol. The second-order valence-corrected chi connectivity index (χ2v) is 11.0. The predicted octanol–water partition coefficient (Wildman–Crippen LogP) is 6.15. The standard InChI is InChI=1S/C36H34N2O6/c1-4-44-30-8-6-5-7-28(30)21-29-32(33(39)26-17-19-27(20-18-26)35(41)42)38(34(29)40)36(43)37-31(24-13-9-22(2)10-14-24)25-15-11-23(3)12-16-25/h5-20,29,31-32H,4,21H2,1-3H3,(H,37,43)(H,41,42). The molecule has 224 valence electrons. The zero-order valence-electron chi connectivity index (χ0n) is 24.8. The number of nitrogens with one attached hydrogen (secondary N) is 1. The number of rotatable bonds is 10. The molecular weight excluding hydrogens is 556 g/mol. The second kappa shape index (κ2) is 13.0. The molecule has 8 heteroatoms. The van der Waals surface area contributed by atoms with E-state index in [1.165, 1.54) is 24.3 Å². The number of likely N-dealkylation sites (tertiary alicyclic amines) is 1. The number of ether oxygens (including phenoxy) is 1. The van der Waals surface area contributed by atoms with E-state index in [9.17, 15) is 24.3 Å². The number of carbonyl (C=O) groups is 4. The Morgan fingerprint density at radius 1 is 0.818 bits per heavy atom. The number of urea groups is 1. The van der Waals surface area contributed by atoms with Crippen molar-refractivity contribution in [2.75, 3.05) is 6.61 Å². The molecule has 1 fully saturated rings. The van der Waals surface area contributed by atoms with E-state index in [4.69, 9.17) is 4.74 Å². The SMILES string of the molecule is CCOc1ccccc1CC1C(=O)N(C(=O)NC(c2ccc(C)cc2)c2ccc(C)cc2)C1C(=O)c1ccc(C(=O)O)cc1. The van der Waals surface area contributed by atoms with Gasteiger partial charge in [0, 0.05) is 5.56 Å². The minimum Gasteiger partial charge on any atom is -0.494 e. The van der Waals surface area contributed by atoms with Crippen LogP contribution in [0, 0.1) is 19.8 Å². The lowest BCUT2D eigenvalue weighted by molar-refractivity contribution is -0.147. The number of para-hydroxylation sites is 1. The van der Waals surface area contributed by atoms with E-state index < -0.39 is 41.7 Å². The third kappa shape index (κ3) is 6.24. The fraction of sp³-hybridized carbons (Fsp3) is 0.222. The first-order valence-corrected chi connectivity index (χ1v) is 14.5.